The Morgan fingerprint density at radius 3 is 2.48 bits per heavy atom. The van der Waals surface area contributed by atoms with Crippen LogP contribution in [-0.2, 0) is 10.0 Å². The van der Waals surface area contributed by atoms with Crippen LogP contribution in [0.5, 0.6) is 0 Å². The maximum Gasteiger partial charge on any atom is 0.242 e. The lowest BCUT2D eigenvalue weighted by Crippen LogP contribution is -2.19. The van der Waals surface area contributed by atoms with Crippen LogP contribution < -0.4 is 15.8 Å². The number of para-hydroxylation sites is 1. The standard InChI is InChI=1S/C14H16ClN3O2S/c1-9-4-3-5-11(15)14(9)18-10-6-7-13(12(16)8-10)21(19,20)17-2/h3-8,17-18H,16H2,1-2H3. The molecule has 2 rings (SSSR count). The third kappa shape index (κ3) is 3.29. The van der Waals surface area contributed by atoms with Crippen LogP contribution in [0.3, 0.4) is 0 Å². The van der Waals surface area contributed by atoms with Gasteiger partial charge in [-0.25, -0.2) is 13.1 Å². The highest BCUT2D eigenvalue weighted by molar-refractivity contribution is 7.89. The van der Waals surface area contributed by atoms with Gasteiger partial charge in [-0.05, 0) is 43.8 Å². The lowest BCUT2D eigenvalue weighted by atomic mass is 10.2. The van der Waals surface area contributed by atoms with E-state index in [1.807, 2.05) is 19.1 Å². The van der Waals surface area contributed by atoms with Gasteiger partial charge in [-0.2, -0.15) is 0 Å². The number of nitrogen functional groups attached to an aromatic ring is 1. The van der Waals surface area contributed by atoms with Crippen LogP contribution in [0.2, 0.25) is 5.02 Å². The molecule has 0 amide bonds. The van der Waals surface area contributed by atoms with Crippen molar-refractivity contribution in [3.8, 4) is 0 Å². The van der Waals surface area contributed by atoms with Crippen molar-refractivity contribution < 1.29 is 8.42 Å². The maximum absolute atomic E-state index is 11.8. The maximum atomic E-state index is 11.8. The average molecular weight is 326 g/mol. The molecule has 0 spiro atoms. The Hall–Kier alpha value is -1.76. The van der Waals surface area contributed by atoms with E-state index < -0.39 is 10.0 Å². The molecular formula is C14H16ClN3O2S. The molecule has 4 N–H and O–H groups in total. The molecule has 5 nitrogen and oxygen atoms in total. The molecule has 0 saturated heterocycles. The second-order valence-corrected chi connectivity index (χ2v) is 6.78. The number of rotatable bonds is 4. The quantitative estimate of drug-likeness (QED) is 0.755. The van der Waals surface area contributed by atoms with Gasteiger partial charge in [-0.1, -0.05) is 23.7 Å². The van der Waals surface area contributed by atoms with Gasteiger partial charge in [0.2, 0.25) is 10.0 Å². The number of hydrogen-bond acceptors (Lipinski definition) is 4. The van der Waals surface area contributed by atoms with E-state index >= 15 is 0 Å². The van der Waals surface area contributed by atoms with Gasteiger partial charge >= 0.3 is 0 Å². The zero-order valence-electron chi connectivity index (χ0n) is 11.6. The SMILES string of the molecule is CNS(=O)(=O)c1ccc(Nc2c(C)cccc2Cl)cc1N. The van der Waals surface area contributed by atoms with Gasteiger partial charge in [0.1, 0.15) is 4.90 Å². The molecule has 0 atom stereocenters. The Morgan fingerprint density at radius 1 is 1.19 bits per heavy atom. The van der Waals surface area contributed by atoms with E-state index in [-0.39, 0.29) is 10.6 Å². The molecular weight excluding hydrogens is 310 g/mol. The molecule has 0 unspecified atom stereocenters. The number of hydrogen-bond donors (Lipinski definition) is 3. The third-order valence-electron chi connectivity index (χ3n) is 3.06. The van der Waals surface area contributed by atoms with Crippen LogP contribution in [0.4, 0.5) is 17.1 Å². The summed E-state index contributed by atoms with van der Waals surface area (Å²) in [5.41, 5.74) is 8.40. The average Bonchev–Trinajstić information content (AvgIpc) is 2.43. The van der Waals surface area contributed by atoms with Crippen molar-refractivity contribution in [2.24, 2.45) is 0 Å². The first-order chi connectivity index (χ1) is 9.85. The molecule has 0 aromatic heterocycles. The van der Waals surface area contributed by atoms with E-state index in [2.05, 4.69) is 10.0 Å². The molecule has 0 fully saturated rings. The van der Waals surface area contributed by atoms with E-state index in [1.165, 1.54) is 13.1 Å². The molecule has 0 bridgehead atoms. The zero-order chi connectivity index (χ0) is 15.6. The van der Waals surface area contributed by atoms with Crippen molar-refractivity contribution in [1.82, 2.24) is 4.72 Å². The van der Waals surface area contributed by atoms with Crippen molar-refractivity contribution in [2.75, 3.05) is 18.1 Å². The molecule has 0 aliphatic rings. The number of nitrogens with two attached hydrogens (primary N) is 1. The first kappa shape index (κ1) is 15.6. The first-order valence-electron chi connectivity index (χ1n) is 6.20. The Morgan fingerprint density at radius 2 is 1.90 bits per heavy atom. The molecule has 0 radical (unpaired) electrons. The first-order valence-corrected chi connectivity index (χ1v) is 8.06. The zero-order valence-corrected chi connectivity index (χ0v) is 13.2. The summed E-state index contributed by atoms with van der Waals surface area (Å²) in [6.07, 6.45) is 0. The summed E-state index contributed by atoms with van der Waals surface area (Å²) in [5.74, 6) is 0. The molecule has 7 heteroatoms. The van der Waals surface area contributed by atoms with Crippen LogP contribution in [0, 0.1) is 6.92 Å². The Bertz CT molecular complexity index is 756. The van der Waals surface area contributed by atoms with Crippen molar-refractivity contribution in [3.05, 3.63) is 47.0 Å². The summed E-state index contributed by atoms with van der Waals surface area (Å²) in [6, 6.07) is 10.2. The van der Waals surface area contributed by atoms with Gasteiger partial charge in [0, 0.05) is 5.69 Å². The number of benzene rings is 2. The summed E-state index contributed by atoms with van der Waals surface area (Å²) >= 11 is 6.15. The van der Waals surface area contributed by atoms with Gasteiger partial charge in [-0.15, -0.1) is 0 Å². The molecule has 0 heterocycles. The highest BCUT2D eigenvalue weighted by Crippen LogP contribution is 2.30. The topological polar surface area (TPSA) is 84.2 Å². The fourth-order valence-electron chi connectivity index (χ4n) is 1.92. The molecule has 21 heavy (non-hydrogen) atoms. The van der Waals surface area contributed by atoms with Gasteiger partial charge in [0.25, 0.3) is 0 Å². The smallest absolute Gasteiger partial charge is 0.242 e. The van der Waals surface area contributed by atoms with Crippen molar-refractivity contribution in [2.45, 2.75) is 11.8 Å². The second-order valence-electron chi connectivity index (χ2n) is 4.52. The number of halogens is 1. The highest BCUT2D eigenvalue weighted by atomic mass is 35.5. The molecule has 2 aromatic rings. The normalized spacial score (nSPS) is 11.4. The van der Waals surface area contributed by atoms with Gasteiger partial charge in [0.15, 0.2) is 0 Å². The van der Waals surface area contributed by atoms with Gasteiger partial charge in [0.05, 0.1) is 16.4 Å². The van der Waals surface area contributed by atoms with Crippen LogP contribution >= 0.6 is 11.6 Å². The van der Waals surface area contributed by atoms with Crippen LogP contribution in [0.1, 0.15) is 5.56 Å². The summed E-state index contributed by atoms with van der Waals surface area (Å²) < 4.78 is 25.8. The largest absolute Gasteiger partial charge is 0.398 e. The second kappa shape index (κ2) is 5.93. The van der Waals surface area contributed by atoms with E-state index in [9.17, 15) is 8.42 Å². The number of anilines is 3. The lowest BCUT2D eigenvalue weighted by Gasteiger charge is -2.13. The molecule has 0 aliphatic carbocycles. The predicted octanol–water partition coefficient (Wildman–Crippen LogP) is 2.88. The molecule has 2 aromatic carbocycles. The van der Waals surface area contributed by atoms with Gasteiger partial charge < -0.3 is 11.1 Å². The van der Waals surface area contributed by atoms with Gasteiger partial charge in [-0.3, -0.25) is 0 Å². The highest BCUT2D eigenvalue weighted by Gasteiger charge is 2.15. The fraction of sp³-hybridized carbons (Fsp3) is 0.143. The monoisotopic (exact) mass is 325 g/mol. The summed E-state index contributed by atoms with van der Waals surface area (Å²) in [4.78, 5) is 0.0476. The Labute approximate surface area is 129 Å². The van der Waals surface area contributed by atoms with E-state index in [1.54, 1.807) is 18.2 Å². The minimum absolute atomic E-state index is 0.0476. The van der Waals surface area contributed by atoms with E-state index in [0.29, 0.717) is 10.7 Å². The molecule has 0 saturated carbocycles. The molecule has 0 aliphatic heterocycles. The number of nitrogens with one attached hydrogen (secondary N) is 2. The van der Waals surface area contributed by atoms with Crippen LogP contribution in [0.25, 0.3) is 0 Å². The Balaban J connectivity index is 2.38. The summed E-state index contributed by atoms with van der Waals surface area (Å²) in [5, 5.41) is 3.73. The summed E-state index contributed by atoms with van der Waals surface area (Å²) in [6.45, 7) is 1.93. The fourth-order valence-corrected chi connectivity index (χ4v) is 3.02. The summed E-state index contributed by atoms with van der Waals surface area (Å²) in [7, 11) is -2.22. The minimum Gasteiger partial charge on any atom is -0.398 e. The van der Waals surface area contributed by atoms with E-state index in [0.717, 1.165) is 11.3 Å². The van der Waals surface area contributed by atoms with Crippen molar-refractivity contribution >= 4 is 38.7 Å². The lowest BCUT2D eigenvalue weighted by molar-refractivity contribution is 0.588. The van der Waals surface area contributed by atoms with Crippen molar-refractivity contribution in [1.29, 1.82) is 0 Å². The minimum atomic E-state index is -3.56. The van der Waals surface area contributed by atoms with Crippen LogP contribution in [0.15, 0.2) is 41.3 Å². The Kier molecular flexibility index (Phi) is 4.41. The molecule has 112 valence electrons. The van der Waals surface area contributed by atoms with Crippen molar-refractivity contribution in [3.63, 3.8) is 0 Å². The van der Waals surface area contributed by atoms with E-state index in [4.69, 9.17) is 17.3 Å². The van der Waals surface area contributed by atoms with Crippen LogP contribution in [-0.4, -0.2) is 15.5 Å². The number of aryl methyl sites for hydroxylation is 1. The number of sulfonamides is 1. The predicted molar refractivity (Wildman–Crippen MR) is 86.6 cm³/mol. The third-order valence-corrected chi connectivity index (χ3v) is 4.86.